The van der Waals surface area contributed by atoms with Crippen molar-refractivity contribution >= 4 is 79.5 Å². The lowest BCUT2D eigenvalue weighted by Gasteiger charge is -2.09. The molecular formula is C29H26FN3O8S3. The highest BCUT2D eigenvalue weighted by atomic mass is 32.2. The Bertz CT molecular complexity index is 1560. The van der Waals surface area contributed by atoms with Crippen LogP contribution >= 0.6 is 35.3 Å². The molecular weight excluding hydrogens is 634 g/mol. The van der Waals surface area contributed by atoms with Crippen LogP contribution in [0.15, 0.2) is 66.7 Å². The van der Waals surface area contributed by atoms with E-state index in [-0.39, 0.29) is 51.0 Å². The molecule has 3 heterocycles. The average Bonchev–Trinajstić information content (AvgIpc) is 3.65. The van der Waals surface area contributed by atoms with Gasteiger partial charge < -0.3 is 9.47 Å². The number of fused-ring (bicyclic) bond motifs is 1. The van der Waals surface area contributed by atoms with Crippen molar-refractivity contribution in [1.29, 1.82) is 0 Å². The molecule has 6 rings (SSSR count). The number of para-hydroxylation sites is 1. The van der Waals surface area contributed by atoms with E-state index in [1.165, 1.54) is 12.1 Å². The summed E-state index contributed by atoms with van der Waals surface area (Å²) in [6.07, 6.45) is 0.894. The Morgan fingerprint density at radius 2 is 1.27 bits per heavy atom. The van der Waals surface area contributed by atoms with Crippen molar-refractivity contribution in [3.63, 3.8) is 0 Å². The zero-order chi connectivity index (χ0) is 31.5. The molecule has 3 aliphatic heterocycles. The van der Waals surface area contributed by atoms with Gasteiger partial charge >= 0.3 is 0 Å². The van der Waals surface area contributed by atoms with E-state index in [1.807, 2.05) is 42.5 Å². The fourth-order valence-electron chi connectivity index (χ4n) is 3.86. The van der Waals surface area contributed by atoms with E-state index in [2.05, 4.69) is 16.0 Å². The molecule has 6 amide bonds. The average molecular weight is 660 g/mol. The second-order valence-corrected chi connectivity index (χ2v) is 12.4. The smallest absolute Gasteiger partial charge is 0.286 e. The summed E-state index contributed by atoms with van der Waals surface area (Å²) in [5.74, 6) is 0.0701. The Morgan fingerprint density at radius 1 is 0.682 bits per heavy atom. The van der Waals surface area contributed by atoms with Crippen LogP contribution in [0.3, 0.4) is 0 Å². The molecule has 3 saturated heterocycles. The molecule has 2 unspecified atom stereocenters. The molecule has 3 aromatic carbocycles. The summed E-state index contributed by atoms with van der Waals surface area (Å²) in [5.41, 5.74) is 0. The van der Waals surface area contributed by atoms with Gasteiger partial charge in [-0.05, 0) is 35.0 Å². The van der Waals surface area contributed by atoms with Crippen LogP contribution in [0, 0.1) is 5.82 Å². The van der Waals surface area contributed by atoms with Crippen molar-refractivity contribution < 1.29 is 42.6 Å². The number of carbonyl (C=O) groups is 6. The van der Waals surface area contributed by atoms with Gasteiger partial charge in [0.15, 0.2) is 11.6 Å². The molecule has 0 aromatic heterocycles. The van der Waals surface area contributed by atoms with E-state index < -0.39 is 11.1 Å². The van der Waals surface area contributed by atoms with Crippen molar-refractivity contribution in [3.05, 3.63) is 72.5 Å². The van der Waals surface area contributed by atoms with Crippen LogP contribution in [0.25, 0.3) is 10.8 Å². The molecule has 15 heteroatoms. The van der Waals surface area contributed by atoms with Crippen molar-refractivity contribution in [3.8, 4) is 11.5 Å². The maximum atomic E-state index is 13.2. The van der Waals surface area contributed by atoms with Gasteiger partial charge in [-0.15, -0.1) is 0 Å². The summed E-state index contributed by atoms with van der Waals surface area (Å²) < 4.78 is 24.0. The summed E-state index contributed by atoms with van der Waals surface area (Å²) in [6.45, 7) is 0.607. The molecule has 3 N–H and O–H groups in total. The maximum absolute atomic E-state index is 13.2. The Hall–Kier alpha value is -4.08. The van der Waals surface area contributed by atoms with E-state index in [9.17, 15) is 33.2 Å². The summed E-state index contributed by atoms with van der Waals surface area (Å²) in [5, 5.41) is 7.22. The number of ether oxygens (including phenoxy) is 2. The Kier molecular flexibility index (Phi) is 12.0. The molecule has 0 aliphatic carbocycles. The number of halogens is 1. The lowest BCUT2D eigenvalue weighted by Crippen LogP contribution is -2.25. The molecule has 0 radical (unpaired) electrons. The fraction of sp³-hybridized carbons (Fsp3) is 0.241. The number of nitrogens with one attached hydrogen (secondary N) is 3. The SMILES string of the molecule is O=C1CSC(=O)N1.O=C1NC(=O)C(CCOc2ccc3ccccc3c2)S1.O=C1NC(=O)C(CCOc2ccccc2F)S1. The molecule has 230 valence electrons. The number of hydrogen-bond donors (Lipinski definition) is 3. The quantitative estimate of drug-likeness (QED) is 0.303. The van der Waals surface area contributed by atoms with Crippen LogP contribution in [0.4, 0.5) is 18.8 Å². The van der Waals surface area contributed by atoms with Crippen LogP contribution < -0.4 is 25.4 Å². The van der Waals surface area contributed by atoms with E-state index >= 15 is 0 Å². The number of thioether (sulfide) groups is 3. The van der Waals surface area contributed by atoms with Gasteiger partial charge in [0.2, 0.25) is 17.7 Å². The molecule has 0 bridgehead atoms. The highest BCUT2D eigenvalue weighted by Crippen LogP contribution is 2.25. The molecule has 11 nitrogen and oxygen atoms in total. The van der Waals surface area contributed by atoms with Gasteiger partial charge in [-0.1, -0.05) is 77.8 Å². The van der Waals surface area contributed by atoms with Crippen LogP contribution in [-0.2, 0) is 14.4 Å². The second kappa shape index (κ2) is 16.1. The summed E-state index contributed by atoms with van der Waals surface area (Å²) in [6, 6.07) is 20.0. The minimum atomic E-state index is -0.438. The third-order valence-electron chi connectivity index (χ3n) is 5.95. The van der Waals surface area contributed by atoms with Crippen LogP contribution in [-0.4, -0.2) is 62.9 Å². The standard InChI is InChI=1S/C15H13NO3S.C11H10FNO3S.C3H3NO2S/c17-14-13(20-15(18)16-14)7-8-19-12-6-5-10-3-1-2-4-11(10)9-12;12-7-3-1-2-4-8(7)16-6-5-9-10(14)13-11(15)17-9;5-2-1-7-3(6)4-2/h1-6,9,13H,7-8H2,(H,16,17,18);1-4,9H,5-6H2,(H,13,14,15);1H2,(H,4,5,6). The number of benzene rings is 3. The van der Waals surface area contributed by atoms with E-state index in [0.717, 1.165) is 51.8 Å². The van der Waals surface area contributed by atoms with Gasteiger partial charge in [0.1, 0.15) is 5.75 Å². The van der Waals surface area contributed by atoms with E-state index in [0.29, 0.717) is 25.2 Å². The molecule has 3 aromatic rings. The van der Waals surface area contributed by atoms with E-state index in [1.54, 1.807) is 12.1 Å². The van der Waals surface area contributed by atoms with Crippen LogP contribution in [0.2, 0.25) is 0 Å². The minimum Gasteiger partial charge on any atom is -0.494 e. The van der Waals surface area contributed by atoms with Crippen molar-refractivity contribution in [2.45, 2.75) is 23.3 Å². The summed E-state index contributed by atoms with van der Waals surface area (Å²) in [4.78, 5) is 64.7. The Balaban J connectivity index is 0.000000167. The van der Waals surface area contributed by atoms with Crippen molar-refractivity contribution in [2.75, 3.05) is 19.0 Å². The lowest BCUT2D eigenvalue weighted by molar-refractivity contribution is -0.120. The predicted octanol–water partition coefficient (Wildman–Crippen LogP) is 4.88. The van der Waals surface area contributed by atoms with Crippen molar-refractivity contribution in [1.82, 2.24) is 16.0 Å². The highest BCUT2D eigenvalue weighted by Gasteiger charge is 2.32. The van der Waals surface area contributed by atoms with Gasteiger partial charge in [0.05, 0.1) is 29.5 Å². The zero-order valence-corrected chi connectivity index (χ0v) is 25.4. The van der Waals surface area contributed by atoms with E-state index in [4.69, 9.17) is 9.47 Å². The number of rotatable bonds is 8. The van der Waals surface area contributed by atoms with Gasteiger partial charge in [-0.2, -0.15) is 0 Å². The highest BCUT2D eigenvalue weighted by molar-refractivity contribution is 8.15. The number of hydrogen-bond acceptors (Lipinski definition) is 11. The number of imide groups is 3. The lowest BCUT2D eigenvalue weighted by atomic mass is 10.1. The third kappa shape index (κ3) is 9.99. The first-order chi connectivity index (χ1) is 21.2. The second-order valence-electron chi connectivity index (χ2n) is 9.10. The predicted molar refractivity (Wildman–Crippen MR) is 166 cm³/mol. The molecule has 44 heavy (non-hydrogen) atoms. The Labute approximate surface area is 263 Å². The largest absolute Gasteiger partial charge is 0.494 e. The summed E-state index contributed by atoms with van der Waals surface area (Å²) in [7, 11) is 0. The van der Waals surface area contributed by atoms with Gasteiger partial charge in [0, 0.05) is 12.8 Å². The van der Waals surface area contributed by atoms with Gasteiger partial charge in [-0.3, -0.25) is 44.7 Å². The number of amides is 6. The fourth-order valence-corrected chi connectivity index (χ4v) is 5.98. The van der Waals surface area contributed by atoms with Gasteiger partial charge in [-0.25, -0.2) is 4.39 Å². The monoisotopic (exact) mass is 659 g/mol. The molecule has 3 aliphatic rings. The van der Waals surface area contributed by atoms with Crippen molar-refractivity contribution in [2.24, 2.45) is 0 Å². The first kappa shape index (κ1) is 32.8. The summed E-state index contributed by atoms with van der Waals surface area (Å²) >= 11 is 2.98. The first-order valence-electron chi connectivity index (χ1n) is 13.2. The van der Waals surface area contributed by atoms with Gasteiger partial charge in [0.25, 0.3) is 15.7 Å². The number of carbonyl (C=O) groups excluding carboxylic acids is 6. The van der Waals surface area contributed by atoms with Crippen LogP contribution in [0.1, 0.15) is 12.8 Å². The third-order valence-corrected chi connectivity index (χ3v) is 8.83. The normalized spacial score (nSPS) is 18.9. The molecule has 3 fully saturated rings. The minimum absolute atomic E-state index is 0.155. The molecule has 2 atom stereocenters. The molecule has 0 spiro atoms. The Morgan fingerprint density at radius 3 is 1.80 bits per heavy atom. The topological polar surface area (TPSA) is 157 Å². The zero-order valence-electron chi connectivity index (χ0n) is 22.9. The molecule has 0 saturated carbocycles. The van der Waals surface area contributed by atoms with Crippen LogP contribution in [0.5, 0.6) is 11.5 Å². The first-order valence-corrected chi connectivity index (χ1v) is 15.9. The maximum Gasteiger partial charge on any atom is 0.286 e.